The first kappa shape index (κ1) is 15.7. The van der Waals surface area contributed by atoms with Crippen LogP contribution in [0.25, 0.3) is 0 Å². The van der Waals surface area contributed by atoms with Crippen molar-refractivity contribution < 1.29 is 0 Å². The molecular formula is C16H26BrN. The minimum absolute atomic E-state index is 0.498. The number of benzene rings is 1. The quantitative estimate of drug-likeness (QED) is 0.597. The Hall–Kier alpha value is -0.340. The van der Waals surface area contributed by atoms with E-state index in [1.165, 1.54) is 48.6 Å². The molecule has 0 heterocycles. The molecule has 0 radical (unpaired) electrons. The fourth-order valence-electron chi connectivity index (χ4n) is 2.22. The lowest BCUT2D eigenvalue weighted by molar-refractivity contribution is 0.469. The van der Waals surface area contributed by atoms with Gasteiger partial charge in [0.2, 0.25) is 0 Å². The predicted molar refractivity (Wildman–Crippen MR) is 83.9 cm³/mol. The Balaban J connectivity index is 2.57. The minimum Gasteiger partial charge on any atom is -0.310 e. The fourth-order valence-corrected chi connectivity index (χ4v) is 2.78. The Morgan fingerprint density at radius 3 is 2.50 bits per heavy atom. The molecule has 0 aromatic heterocycles. The second kappa shape index (κ2) is 9.57. The summed E-state index contributed by atoms with van der Waals surface area (Å²) in [7, 11) is 0. The van der Waals surface area contributed by atoms with Crippen LogP contribution in [0.2, 0.25) is 0 Å². The third-order valence-corrected chi connectivity index (χ3v) is 3.99. The van der Waals surface area contributed by atoms with E-state index in [1.54, 1.807) is 0 Å². The van der Waals surface area contributed by atoms with Crippen LogP contribution in [0.1, 0.15) is 64.0 Å². The second-order valence-corrected chi connectivity index (χ2v) is 5.73. The smallest absolute Gasteiger partial charge is 0.0331 e. The number of nitrogens with one attached hydrogen (secondary N) is 1. The SMILES string of the molecule is CCCCCCC(NCCC)c1ccccc1Br. The molecular weight excluding hydrogens is 286 g/mol. The number of unbranched alkanes of at least 4 members (excludes halogenated alkanes) is 3. The Kier molecular flexibility index (Phi) is 8.36. The highest BCUT2D eigenvalue weighted by atomic mass is 79.9. The second-order valence-electron chi connectivity index (χ2n) is 4.88. The largest absolute Gasteiger partial charge is 0.310 e. The molecule has 0 aliphatic rings. The van der Waals surface area contributed by atoms with Crippen LogP contribution in [-0.4, -0.2) is 6.54 Å². The van der Waals surface area contributed by atoms with Gasteiger partial charge in [-0.3, -0.25) is 0 Å². The van der Waals surface area contributed by atoms with Crippen LogP contribution in [0.3, 0.4) is 0 Å². The van der Waals surface area contributed by atoms with Crippen molar-refractivity contribution in [1.82, 2.24) is 5.32 Å². The predicted octanol–water partition coefficient (Wildman–Crippen LogP) is 5.46. The maximum absolute atomic E-state index is 3.67. The van der Waals surface area contributed by atoms with E-state index in [2.05, 4.69) is 59.4 Å². The molecule has 1 rings (SSSR count). The van der Waals surface area contributed by atoms with Crippen molar-refractivity contribution in [3.05, 3.63) is 34.3 Å². The lowest BCUT2D eigenvalue weighted by Crippen LogP contribution is -2.22. The van der Waals surface area contributed by atoms with E-state index in [4.69, 9.17) is 0 Å². The highest BCUT2D eigenvalue weighted by molar-refractivity contribution is 9.10. The number of hydrogen-bond donors (Lipinski definition) is 1. The summed E-state index contributed by atoms with van der Waals surface area (Å²) in [5.74, 6) is 0. The van der Waals surface area contributed by atoms with Gasteiger partial charge in [0.05, 0.1) is 0 Å². The molecule has 1 aromatic rings. The topological polar surface area (TPSA) is 12.0 Å². The number of halogens is 1. The summed E-state index contributed by atoms with van der Waals surface area (Å²) in [6.07, 6.45) is 7.76. The summed E-state index contributed by atoms with van der Waals surface area (Å²) in [5.41, 5.74) is 1.41. The molecule has 0 fully saturated rings. The van der Waals surface area contributed by atoms with Gasteiger partial charge in [-0.05, 0) is 31.0 Å². The lowest BCUT2D eigenvalue weighted by Gasteiger charge is -2.20. The van der Waals surface area contributed by atoms with Gasteiger partial charge in [-0.1, -0.05) is 73.7 Å². The van der Waals surface area contributed by atoms with Crippen molar-refractivity contribution in [3.8, 4) is 0 Å². The van der Waals surface area contributed by atoms with Gasteiger partial charge in [-0.2, -0.15) is 0 Å². The van der Waals surface area contributed by atoms with Crippen molar-refractivity contribution in [1.29, 1.82) is 0 Å². The van der Waals surface area contributed by atoms with Gasteiger partial charge < -0.3 is 5.32 Å². The first-order chi connectivity index (χ1) is 8.79. The molecule has 1 N–H and O–H groups in total. The van der Waals surface area contributed by atoms with Crippen molar-refractivity contribution in [2.45, 2.75) is 58.4 Å². The molecule has 1 nitrogen and oxygen atoms in total. The summed E-state index contributed by atoms with van der Waals surface area (Å²) >= 11 is 3.67. The molecule has 1 unspecified atom stereocenters. The minimum atomic E-state index is 0.498. The molecule has 0 amide bonds. The van der Waals surface area contributed by atoms with E-state index in [1.807, 2.05) is 0 Å². The van der Waals surface area contributed by atoms with Gasteiger partial charge in [-0.25, -0.2) is 0 Å². The van der Waals surface area contributed by atoms with E-state index in [0.29, 0.717) is 6.04 Å². The maximum atomic E-state index is 3.67. The Morgan fingerprint density at radius 2 is 1.83 bits per heavy atom. The summed E-state index contributed by atoms with van der Waals surface area (Å²) < 4.78 is 1.23. The molecule has 0 spiro atoms. The molecule has 1 aromatic carbocycles. The molecule has 2 heteroatoms. The van der Waals surface area contributed by atoms with E-state index in [0.717, 1.165) is 6.54 Å². The molecule has 0 aliphatic carbocycles. The monoisotopic (exact) mass is 311 g/mol. The average Bonchev–Trinajstić information content (AvgIpc) is 2.39. The standard InChI is InChI=1S/C16H26BrN/c1-3-5-6-7-12-16(18-13-4-2)14-10-8-9-11-15(14)17/h8-11,16,18H,3-7,12-13H2,1-2H3. The number of hydrogen-bond acceptors (Lipinski definition) is 1. The van der Waals surface area contributed by atoms with Crippen LogP contribution in [0.5, 0.6) is 0 Å². The van der Waals surface area contributed by atoms with E-state index in [-0.39, 0.29) is 0 Å². The van der Waals surface area contributed by atoms with Crippen molar-refractivity contribution in [3.63, 3.8) is 0 Å². The zero-order valence-electron chi connectivity index (χ0n) is 11.7. The van der Waals surface area contributed by atoms with Gasteiger partial charge in [0.25, 0.3) is 0 Å². The third-order valence-electron chi connectivity index (χ3n) is 3.27. The van der Waals surface area contributed by atoms with Gasteiger partial charge in [0, 0.05) is 10.5 Å². The van der Waals surface area contributed by atoms with E-state index >= 15 is 0 Å². The summed E-state index contributed by atoms with van der Waals surface area (Å²) in [6, 6.07) is 9.09. The highest BCUT2D eigenvalue weighted by Crippen LogP contribution is 2.27. The third kappa shape index (κ3) is 5.53. The fraction of sp³-hybridized carbons (Fsp3) is 0.625. The van der Waals surface area contributed by atoms with Crippen molar-refractivity contribution in [2.24, 2.45) is 0 Å². The summed E-state index contributed by atoms with van der Waals surface area (Å²) in [4.78, 5) is 0. The van der Waals surface area contributed by atoms with Crippen molar-refractivity contribution in [2.75, 3.05) is 6.54 Å². The van der Waals surface area contributed by atoms with Crippen LogP contribution in [0.15, 0.2) is 28.7 Å². The van der Waals surface area contributed by atoms with E-state index in [9.17, 15) is 0 Å². The van der Waals surface area contributed by atoms with Crippen LogP contribution in [0.4, 0.5) is 0 Å². The van der Waals surface area contributed by atoms with Crippen LogP contribution in [-0.2, 0) is 0 Å². The summed E-state index contributed by atoms with van der Waals surface area (Å²) in [6.45, 7) is 5.58. The Morgan fingerprint density at radius 1 is 1.06 bits per heavy atom. The molecule has 0 saturated heterocycles. The van der Waals surface area contributed by atoms with Gasteiger partial charge in [0.15, 0.2) is 0 Å². The molecule has 0 aliphatic heterocycles. The molecule has 1 atom stereocenters. The lowest BCUT2D eigenvalue weighted by atomic mass is 10.00. The van der Waals surface area contributed by atoms with Gasteiger partial charge in [-0.15, -0.1) is 0 Å². The Labute approximate surface area is 120 Å². The van der Waals surface area contributed by atoms with Gasteiger partial charge in [0.1, 0.15) is 0 Å². The van der Waals surface area contributed by atoms with Crippen LogP contribution >= 0.6 is 15.9 Å². The first-order valence-corrected chi connectivity index (χ1v) is 8.06. The zero-order chi connectivity index (χ0) is 13.2. The van der Waals surface area contributed by atoms with Crippen LogP contribution in [0, 0.1) is 0 Å². The zero-order valence-corrected chi connectivity index (χ0v) is 13.3. The molecule has 18 heavy (non-hydrogen) atoms. The van der Waals surface area contributed by atoms with E-state index < -0.39 is 0 Å². The number of rotatable bonds is 9. The van der Waals surface area contributed by atoms with Crippen LogP contribution < -0.4 is 5.32 Å². The van der Waals surface area contributed by atoms with Crippen molar-refractivity contribution >= 4 is 15.9 Å². The first-order valence-electron chi connectivity index (χ1n) is 7.27. The molecule has 0 saturated carbocycles. The van der Waals surface area contributed by atoms with Gasteiger partial charge >= 0.3 is 0 Å². The normalized spacial score (nSPS) is 12.6. The average molecular weight is 312 g/mol. The maximum Gasteiger partial charge on any atom is 0.0331 e. The molecule has 0 bridgehead atoms. The highest BCUT2D eigenvalue weighted by Gasteiger charge is 2.12. The molecule has 102 valence electrons. The Bertz CT molecular complexity index is 325. The summed E-state index contributed by atoms with van der Waals surface area (Å²) in [5, 5.41) is 3.67.